The molecule has 0 fully saturated rings. The summed E-state index contributed by atoms with van der Waals surface area (Å²) >= 11 is 0. The molecule has 0 atom stereocenters. The van der Waals surface area contributed by atoms with Gasteiger partial charge in [0.15, 0.2) is 17.2 Å². The van der Waals surface area contributed by atoms with E-state index in [1.165, 1.54) is 0 Å². The van der Waals surface area contributed by atoms with Gasteiger partial charge in [0.1, 0.15) is 5.82 Å². The number of nitrogen functional groups attached to an aromatic ring is 2. The molecule has 0 saturated carbocycles. The lowest BCUT2D eigenvalue weighted by atomic mass is 10.4. The standard InChI is InChI=1S/C8H12N8O/c1-3-4(8(17)15-16(3)2)11-12-5-6(9)13-14-7(5)10/h1-2H3,(H,15,17)(H5,9,10,13,14). The molecule has 0 aliphatic rings. The van der Waals surface area contributed by atoms with E-state index in [0.717, 1.165) is 0 Å². The first-order chi connectivity index (χ1) is 8.00. The zero-order chi connectivity index (χ0) is 12.6. The summed E-state index contributed by atoms with van der Waals surface area (Å²) in [5.74, 6) is 0.340. The zero-order valence-electron chi connectivity index (χ0n) is 9.35. The fourth-order valence-corrected chi connectivity index (χ4v) is 1.30. The Morgan fingerprint density at radius 3 is 2.41 bits per heavy atom. The monoisotopic (exact) mass is 236 g/mol. The summed E-state index contributed by atoms with van der Waals surface area (Å²) in [6, 6.07) is 0. The van der Waals surface area contributed by atoms with Gasteiger partial charge in [-0.3, -0.25) is 19.7 Å². The topological polar surface area (TPSA) is 143 Å². The number of nitrogens with two attached hydrogens (primary N) is 2. The van der Waals surface area contributed by atoms with E-state index in [-0.39, 0.29) is 28.6 Å². The van der Waals surface area contributed by atoms with Crippen LogP contribution in [0, 0.1) is 6.92 Å². The van der Waals surface area contributed by atoms with Crippen LogP contribution in [-0.4, -0.2) is 20.0 Å². The number of azo groups is 1. The van der Waals surface area contributed by atoms with Gasteiger partial charge in [-0.2, -0.15) is 5.10 Å². The van der Waals surface area contributed by atoms with Crippen molar-refractivity contribution in [1.82, 2.24) is 20.0 Å². The van der Waals surface area contributed by atoms with Crippen molar-refractivity contribution in [3.8, 4) is 0 Å². The van der Waals surface area contributed by atoms with Crippen molar-refractivity contribution < 1.29 is 0 Å². The van der Waals surface area contributed by atoms with Gasteiger partial charge in [0.25, 0.3) is 5.56 Å². The van der Waals surface area contributed by atoms with E-state index < -0.39 is 0 Å². The predicted octanol–water partition coefficient (Wildman–Crippen LogP) is 0.325. The highest BCUT2D eigenvalue weighted by Gasteiger charge is 2.10. The number of nitrogens with zero attached hydrogens (tertiary/aromatic N) is 4. The van der Waals surface area contributed by atoms with E-state index in [2.05, 4.69) is 25.5 Å². The summed E-state index contributed by atoms with van der Waals surface area (Å²) in [4.78, 5) is 11.5. The molecular weight excluding hydrogens is 224 g/mol. The number of hydrogen-bond acceptors (Lipinski definition) is 6. The molecule has 2 heterocycles. The Bertz CT molecular complexity index is 611. The van der Waals surface area contributed by atoms with Crippen LogP contribution in [-0.2, 0) is 7.05 Å². The second kappa shape index (κ2) is 3.77. The highest BCUT2D eigenvalue weighted by Crippen LogP contribution is 2.27. The summed E-state index contributed by atoms with van der Waals surface area (Å²) in [6.45, 7) is 1.74. The third-order valence-corrected chi connectivity index (χ3v) is 2.37. The second-order valence-corrected chi connectivity index (χ2v) is 3.51. The first kappa shape index (κ1) is 10.9. The van der Waals surface area contributed by atoms with Gasteiger partial charge in [-0.05, 0) is 6.92 Å². The quantitative estimate of drug-likeness (QED) is 0.556. The van der Waals surface area contributed by atoms with Crippen molar-refractivity contribution >= 4 is 23.0 Å². The number of anilines is 2. The van der Waals surface area contributed by atoms with E-state index in [1.54, 1.807) is 18.7 Å². The maximum absolute atomic E-state index is 11.5. The van der Waals surface area contributed by atoms with Gasteiger partial charge in [0.2, 0.25) is 0 Å². The summed E-state index contributed by atoms with van der Waals surface area (Å²) in [6.07, 6.45) is 0. The fourth-order valence-electron chi connectivity index (χ4n) is 1.30. The van der Waals surface area contributed by atoms with Crippen LogP contribution in [0.15, 0.2) is 15.0 Å². The van der Waals surface area contributed by atoms with E-state index in [1.807, 2.05) is 0 Å². The fraction of sp³-hybridized carbons (Fsp3) is 0.250. The lowest BCUT2D eigenvalue weighted by Gasteiger charge is -1.93. The van der Waals surface area contributed by atoms with Crippen LogP contribution in [0.3, 0.4) is 0 Å². The molecule has 90 valence electrons. The Kier molecular flexibility index (Phi) is 2.42. The molecule has 0 aliphatic heterocycles. The van der Waals surface area contributed by atoms with Crippen LogP contribution in [0.25, 0.3) is 0 Å². The van der Waals surface area contributed by atoms with Crippen LogP contribution in [0.5, 0.6) is 0 Å². The molecule has 0 spiro atoms. The summed E-state index contributed by atoms with van der Waals surface area (Å²) in [7, 11) is 1.70. The van der Waals surface area contributed by atoms with Gasteiger partial charge in [-0.1, -0.05) is 0 Å². The smallest absolute Gasteiger partial charge is 0.292 e. The number of H-pyrrole nitrogens is 2. The number of aromatic nitrogens is 4. The van der Waals surface area contributed by atoms with Crippen LogP contribution in [0.4, 0.5) is 23.0 Å². The van der Waals surface area contributed by atoms with Crippen LogP contribution in [0.1, 0.15) is 5.69 Å². The van der Waals surface area contributed by atoms with E-state index in [9.17, 15) is 4.79 Å². The molecule has 0 aromatic carbocycles. The van der Waals surface area contributed by atoms with Gasteiger partial charge >= 0.3 is 0 Å². The van der Waals surface area contributed by atoms with E-state index >= 15 is 0 Å². The molecule has 2 rings (SSSR count). The average Bonchev–Trinajstić information content (AvgIpc) is 2.70. The lowest BCUT2D eigenvalue weighted by molar-refractivity contribution is 0.731. The van der Waals surface area contributed by atoms with Crippen molar-refractivity contribution in [1.29, 1.82) is 0 Å². The minimum absolute atomic E-state index is 0.135. The third kappa shape index (κ3) is 1.77. The molecule has 0 amide bonds. The molecule has 6 N–H and O–H groups in total. The van der Waals surface area contributed by atoms with Gasteiger partial charge in [-0.15, -0.1) is 10.2 Å². The highest BCUT2D eigenvalue weighted by atomic mass is 16.1. The van der Waals surface area contributed by atoms with Gasteiger partial charge < -0.3 is 11.5 Å². The Morgan fingerprint density at radius 1 is 1.29 bits per heavy atom. The summed E-state index contributed by atoms with van der Waals surface area (Å²) in [5.41, 5.74) is 11.8. The first-order valence-corrected chi connectivity index (χ1v) is 4.77. The van der Waals surface area contributed by atoms with Crippen molar-refractivity contribution in [2.75, 3.05) is 11.5 Å². The second-order valence-electron chi connectivity index (χ2n) is 3.51. The Balaban J connectivity index is 2.42. The predicted molar refractivity (Wildman–Crippen MR) is 62.4 cm³/mol. The van der Waals surface area contributed by atoms with Crippen molar-refractivity contribution in [2.24, 2.45) is 17.3 Å². The van der Waals surface area contributed by atoms with Gasteiger partial charge in [0, 0.05) is 7.05 Å². The van der Waals surface area contributed by atoms with Crippen LogP contribution >= 0.6 is 0 Å². The molecule has 0 aliphatic carbocycles. The normalized spacial score (nSPS) is 11.4. The van der Waals surface area contributed by atoms with E-state index in [4.69, 9.17) is 11.5 Å². The van der Waals surface area contributed by atoms with Crippen molar-refractivity contribution in [3.05, 3.63) is 16.0 Å². The molecule has 17 heavy (non-hydrogen) atoms. The SMILES string of the molecule is Cc1c(N=Nc2c(N)n[nH]c2N)c(=O)[nH]n1C. The third-order valence-electron chi connectivity index (χ3n) is 2.37. The largest absolute Gasteiger partial charge is 0.382 e. The number of hydrogen-bond donors (Lipinski definition) is 4. The van der Waals surface area contributed by atoms with Crippen LogP contribution in [0.2, 0.25) is 0 Å². The summed E-state index contributed by atoms with van der Waals surface area (Å²) < 4.78 is 1.55. The maximum atomic E-state index is 11.5. The average molecular weight is 236 g/mol. The van der Waals surface area contributed by atoms with Crippen molar-refractivity contribution in [3.63, 3.8) is 0 Å². The number of nitrogens with one attached hydrogen (secondary N) is 2. The van der Waals surface area contributed by atoms with Gasteiger partial charge in [0.05, 0.1) is 5.69 Å². The minimum atomic E-state index is -0.325. The Morgan fingerprint density at radius 2 is 1.94 bits per heavy atom. The highest BCUT2D eigenvalue weighted by molar-refractivity contribution is 5.70. The first-order valence-electron chi connectivity index (χ1n) is 4.77. The lowest BCUT2D eigenvalue weighted by Crippen LogP contribution is -2.01. The Hall–Kier alpha value is -2.58. The number of aromatic amines is 2. The minimum Gasteiger partial charge on any atom is -0.382 e. The van der Waals surface area contributed by atoms with Crippen molar-refractivity contribution in [2.45, 2.75) is 6.92 Å². The molecule has 9 nitrogen and oxygen atoms in total. The van der Waals surface area contributed by atoms with Gasteiger partial charge in [-0.25, -0.2) is 0 Å². The molecule has 0 radical (unpaired) electrons. The molecule has 2 aromatic heterocycles. The summed E-state index contributed by atoms with van der Waals surface area (Å²) in [5, 5.41) is 16.3. The molecule has 0 bridgehead atoms. The van der Waals surface area contributed by atoms with Crippen LogP contribution < -0.4 is 17.0 Å². The molecule has 0 unspecified atom stereocenters. The number of aryl methyl sites for hydroxylation is 1. The zero-order valence-corrected chi connectivity index (χ0v) is 9.35. The molecular formula is C8H12N8O. The molecule has 2 aromatic rings. The van der Waals surface area contributed by atoms with E-state index in [0.29, 0.717) is 5.69 Å². The maximum Gasteiger partial charge on any atom is 0.292 e. The Labute approximate surface area is 95.5 Å². The molecule has 0 saturated heterocycles. The molecule has 9 heteroatoms. The number of rotatable bonds is 2.